The van der Waals surface area contributed by atoms with Gasteiger partial charge in [0.2, 0.25) is 18.2 Å². The Balaban J connectivity index is 1.22. The van der Waals surface area contributed by atoms with Crippen molar-refractivity contribution in [2.24, 2.45) is 5.92 Å². The van der Waals surface area contributed by atoms with E-state index in [0.29, 0.717) is 13.0 Å². The third kappa shape index (κ3) is 7.36. The number of carbonyl (C=O) groups is 2. The van der Waals surface area contributed by atoms with E-state index in [9.17, 15) is 9.59 Å². The van der Waals surface area contributed by atoms with E-state index < -0.39 is 18.5 Å². The zero-order valence-electron chi connectivity index (χ0n) is 28.9. The first-order valence-electron chi connectivity index (χ1n) is 17.4. The second-order valence-electron chi connectivity index (χ2n) is 14.8. The van der Waals surface area contributed by atoms with E-state index in [1.54, 1.807) is 4.90 Å². The zero-order chi connectivity index (χ0) is 34.0. The third-order valence-electron chi connectivity index (χ3n) is 10.0. The van der Waals surface area contributed by atoms with Crippen molar-refractivity contribution in [3.05, 3.63) is 95.1 Å². The minimum atomic E-state index is -0.584. The van der Waals surface area contributed by atoms with Crippen LogP contribution in [-0.2, 0) is 24.5 Å². The summed E-state index contributed by atoms with van der Waals surface area (Å²) in [6.07, 6.45) is 3.98. The largest absolute Gasteiger partial charge is 0.399 e. The number of amides is 2. The predicted octanol–water partition coefficient (Wildman–Crippen LogP) is 7.28. The highest BCUT2D eigenvalue weighted by Gasteiger charge is 2.39. The molecule has 0 radical (unpaired) electrons. The van der Waals surface area contributed by atoms with Gasteiger partial charge in [-0.1, -0.05) is 83.1 Å². The number of nitrogens with one attached hydrogen (secondary N) is 2. The van der Waals surface area contributed by atoms with E-state index in [4.69, 9.17) is 15.2 Å². The number of likely N-dealkylation sites (tertiary alicyclic amines) is 1. The highest BCUT2D eigenvalue weighted by molar-refractivity contribution is 5.98. The van der Waals surface area contributed by atoms with Crippen molar-refractivity contribution in [3.63, 3.8) is 0 Å². The van der Waals surface area contributed by atoms with Crippen LogP contribution in [0.25, 0.3) is 11.1 Å². The summed E-state index contributed by atoms with van der Waals surface area (Å²) in [5.41, 5.74) is 15.3. The highest BCUT2D eigenvalue weighted by Crippen LogP contribution is 2.47. The minimum absolute atomic E-state index is 0.0119. The number of ether oxygens (including phenoxy) is 2. The Morgan fingerprint density at radius 1 is 0.875 bits per heavy atom. The maximum absolute atomic E-state index is 13.6. The van der Waals surface area contributed by atoms with Crippen molar-refractivity contribution in [2.45, 2.75) is 96.6 Å². The molecule has 2 saturated heterocycles. The molecule has 1 aliphatic carbocycles. The molecule has 2 fully saturated rings. The molecule has 3 unspecified atom stereocenters. The summed E-state index contributed by atoms with van der Waals surface area (Å²) in [5, 5.41) is 6.25. The van der Waals surface area contributed by atoms with Gasteiger partial charge in [-0.3, -0.25) is 14.9 Å². The quantitative estimate of drug-likeness (QED) is 0.210. The summed E-state index contributed by atoms with van der Waals surface area (Å²) in [6, 6.07) is 24.6. The van der Waals surface area contributed by atoms with Crippen LogP contribution in [0.5, 0.6) is 0 Å². The first-order chi connectivity index (χ1) is 23.0. The standard InChI is InChI=1S/C40H50N4O4/c1-25(2)36(43-39-47-24-48-39)38(46)44-23-7-10-34(44)37(45)42-31-21-15-27(16-22-31)33-9-6-8-32(26-13-19-30(41)20-14-26)35(33)28-11-17-29(18-12-28)40(3,4)5/h11-22,25,33-34,36,39,43H,6-10,23-24,41H2,1-5H3,(H,42,45). The van der Waals surface area contributed by atoms with E-state index in [2.05, 4.69) is 79.9 Å². The van der Waals surface area contributed by atoms with Gasteiger partial charge in [0.15, 0.2) is 6.79 Å². The molecule has 3 aliphatic rings. The number of carbonyl (C=O) groups excluding carboxylic acids is 2. The Hall–Kier alpha value is -3.98. The van der Waals surface area contributed by atoms with Gasteiger partial charge in [-0.05, 0) is 101 Å². The van der Waals surface area contributed by atoms with Crippen molar-refractivity contribution in [1.82, 2.24) is 10.2 Å². The number of hydrogen-bond acceptors (Lipinski definition) is 6. The van der Waals surface area contributed by atoms with Gasteiger partial charge in [0.25, 0.3) is 0 Å². The molecule has 8 heteroatoms. The van der Waals surface area contributed by atoms with Gasteiger partial charge in [-0.15, -0.1) is 0 Å². The smallest absolute Gasteiger partial charge is 0.247 e. The Bertz CT molecular complexity index is 1620. The van der Waals surface area contributed by atoms with Gasteiger partial charge in [-0.2, -0.15) is 0 Å². The lowest BCUT2D eigenvalue weighted by molar-refractivity contribution is -0.335. The number of nitrogen functional groups attached to an aromatic ring is 1. The fourth-order valence-corrected chi connectivity index (χ4v) is 7.25. The maximum atomic E-state index is 13.6. The van der Waals surface area contributed by atoms with E-state index in [1.807, 2.05) is 38.1 Å². The van der Waals surface area contributed by atoms with Gasteiger partial charge < -0.3 is 25.4 Å². The van der Waals surface area contributed by atoms with Crippen molar-refractivity contribution in [1.29, 1.82) is 0 Å². The molecule has 0 spiro atoms. The Labute approximate surface area is 285 Å². The summed E-state index contributed by atoms with van der Waals surface area (Å²) < 4.78 is 10.6. The van der Waals surface area contributed by atoms with Crippen molar-refractivity contribution >= 4 is 34.3 Å². The molecule has 3 atom stereocenters. The number of nitrogens with two attached hydrogens (primary N) is 1. The van der Waals surface area contributed by atoms with Gasteiger partial charge in [0.1, 0.15) is 6.04 Å². The van der Waals surface area contributed by atoms with Crippen LogP contribution in [0.3, 0.4) is 0 Å². The Morgan fingerprint density at radius 2 is 1.54 bits per heavy atom. The molecule has 6 rings (SSSR count). The van der Waals surface area contributed by atoms with Crippen LogP contribution in [-0.4, -0.2) is 48.5 Å². The fraction of sp³-hybridized carbons (Fsp3) is 0.450. The topological polar surface area (TPSA) is 106 Å². The summed E-state index contributed by atoms with van der Waals surface area (Å²) in [5.74, 6) is -0.0299. The molecule has 8 nitrogen and oxygen atoms in total. The zero-order valence-corrected chi connectivity index (χ0v) is 28.9. The minimum Gasteiger partial charge on any atom is -0.399 e. The first kappa shape index (κ1) is 33.9. The molecule has 254 valence electrons. The molecule has 3 aromatic rings. The molecule has 4 N–H and O–H groups in total. The molecule has 0 bridgehead atoms. The molecule has 0 aromatic heterocycles. The molecule has 2 amide bonds. The second kappa shape index (κ2) is 14.2. The predicted molar refractivity (Wildman–Crippen MR) is 192 cm³/mol. The summed E-state index contributed by atoms with van der Waals surface area (Å²) in [7, 11) is 0. The van der Waals surface area contributed by atoms with Crippen molar-refractivity contribution in [2.75, 3.05) is 24.4 Å². The SMILES string of the molecule is CC(C)C(NC1OCO1)C(=O)N1CCCC1C(=O)Nc1ccc(C2CCCC(c3ccc(N)cc3)=C2c2ccc(C(C)(C)C)cc2)cc1. The average molecular weight is 651 g/mol. The van der Waals surface area contributed by atoms with Crippen molar-refractivity contribution in [3.8, 4) is 0 Å². The molecule has 48 heavy (non-hydrogen) atoms. The van der Waals surface area contributed by atoms with Gasteiger partial charge >= 0.3 is 0 Å². The monoisotopic (exact) mass is 650 g/mol. The third-order valence-corrected chi connectivity index (χ3v) is 10.0. The van der Waals surface area contributed by atoms with E-state index in [1.165, 1.54) is 33.4 Å². The number of allylic oxidation sites excluding steroid dienone is 2. The number of rotatable bonds is 9. The van der Waals surface area contributed by atoms with Crippen molar-refractivity contribution < 1.29 is 19.1 Å². The number of anilines is 2. The fourth-order valence-electron chi connectivity index (χ4n) is 7.25. The Kier molecular flexibility index (Phi) is 10.1. The molecule has 0 saturated carbocycles. The highest BCUT2D eigenvalue weighted by atomic mass is 16.9. The molecule has 2 heterocycles. The normalized spacial score (nSPS) is 20.9. The van der Waals surface area contributed by atoms with Crippen LogP contribution >= 0.6 is 0 Å². The summed E-state index contributed by atoms with van der Waals surface area (Å²) in [4.78, 5) is 28.8. The number of hydrogen-bond donors (Lipinski definition) is 3. The van der Waals surface area contributed by atoms with Crippen LogP contribution in [0, 0.1) is 5.92 Å². The lowest BCUT2D eigenvalue weighted by Gasteiger charge is -2.35. The Morgan fingerprint density at radius 3 is 2.15 bits per heavy atom. The molecular weight excluding hydrogens is 600 g/mol. The van der Waals surface area contributed by atoms with Crippen LogP contribution < -0.4 is 16.4 Å². The number of nitrogens with zero attached hydrogens (tertiary/aromatic N) is 1. The second-order valence-corrected chi connectivity index (χ2v) is 14.8. The first-order valence-corrected chi connectivity index (χ1v) is 17.4. The molecule has 3 aromatic carbocycles. The molecule has 2 aliphatic heterocycles. The van der Waals surface area contributed by atoms with Crippen LogP contribution in [0.15, 0.2) is 72.8 Å². The van der Waals surface area contributed by atoms with E-state index >= 15 is 0 Å². The lowest BCUT2D eigenvalue weighted by atomic mass is 9.73. The van der Waals surface area contributed by atoms with Gasteiger partial charge in [0, 0.05) is 23.8 Å². The maximum Gasteiger partial charge on any atom is 0.247 e. The van der Waals surface area contributed by atoms with E-state index in [-0.39, 0.29) is 35.9 Å². The molecular formula is C40H50N4O4. The van der Waals surface area contributed by atoms with Gasteiger partial charge in [0.05, 0.1) is 6.04 Å². The van der Waals surface area contributed by atoms with Crippen LogP contribution in [0.4, 0.5) is 11.4 Å². The van der Waals surface area contributed by atoms with Crippen LogP contribution in [0.1, 0.15) is 94.9 Å². The summed E-state index contributed by atoms with van der Waals surface area (Å²) >= 11 is 0. The van der Waals surface area contributed by atoms with Crippen LogP contribution in [0.2, 0.25) is 0 Å². The number of benzene rings is 3. The average Bonchev–Trinajstić information content (AvgIpc) is 3.54. The lowest BCUT2D eigenvalue weighted by Crippen LogP contribution is -2.58. The van der Waals surface area contributed by atoms with E-state index in [0.717, 1.165) is 37.1 Å². The summed E-state index contributed by atoms with van der Waals surface area (Å²) in [6.45, 7) is 11.5. The van der Waals surface area contributed by atoms with Gasteiger partial charge in [-0.25, -0.2) is 0 Å².